The van der Waals surface area contributed by atoms with E-state index in [1.54, 1.807) is 36.4 Å². The summed E-state index contributed by atoms with van der Waals surface area (Å²) in [5.74, 6) is -0.0967. The maximum atomic E-state index is 13.7. The topological polar surface area (TPSA) is 173 Å². The lowest BCUT2D eigenvalue weighted by Crippen LogP contribution is -2.53. The van der Waals surface area contributed by atoms with Crippen LogP contribution >= 0.6 is 0 Å². The normalized spacial score (nSPS) is 15.5. The molecule has 11 heteroatoms. The Hall–Kier alpha value is -5.37. The first-order valence-electron chi connectivity index (χ1n) is 14.7. The summed E-state index contributed by atoms with van der Waals surface area (Å²) in [5.41, 5.74) is 22.2. The number of aromatic nitrogens is 2. The van der Waals surface area contributed by atoms with E-state index in [4.69, 9.17) is 22.2 Å². The molecule has 11 nitrogen and oxygen atoms in total. The van der Waals surface area contributed by atoms with Crippen molar-refractivity contribution >= 4 is 34.5 Å². The van der Waals surface area contributed by atoms with Crippen LogP contribution in [0.1, 0.15) is 47.3 Å². The molecule has 6 N–H and O–H groups in total. The van der Waals surface area contributed by atoms with Crippen LogP contribution in [0.2, 0.25) is 0 Å². The second-order valence-corrected chi connectivity index (χ2v) is 11.2. The Morgan fingerprint density at radius 1 is 1.07 bits per heavy atom. The van der Waals surface area contributed by atoms with Gasteiger partial charge in [-0.25, -0.2) is 4.98 Å². The second kappa shape index (κ2) is 12.9. The second-order valence-electron chi connectivity index (χ2n) is 11.2. The molecular formula is C33H37N9O2. The molecule has 0 aliphatic carbocycles. The number of nitrogens with two attached hydrogens (primary N) is 3. The zero-order valence-corrected chi connectivity index (χ0v) is 25.0. The van der Waals surface area contributed by atoms with Crippen molar-refractivity contribution in [3.63, 3.8) is 0 Å². The Kier molecular flexibility index (Phi) is 8.81. The quantitative estimate of drug-likeness (QED) is 0.152. The fraction of sp³-hybridized carbons (Fsp3) is 0.303. The van der Waals surface area contributed by atoms with Crippen LogP contribution in [0.3, 0.4) is 0 Å². The summed E-state index contributed by atoms with van der Waals surface area (Å²) in [7, 11) is 0. The number of piperazine rings is 1. The number of rotatable bonds is 9. The van der Waals surface area contributed by atoms with Crippen molar-refractivity contribution in [3.8, 4) is 17.5 Å². The van der Waals surface area contributed by atoms with Gasteiger partial charge >= 0.3 is 0 Å². The number of primary amides is 1. The van der Waals surface area contributed by atoms with Gasteiger partial charge in [-0.15, -0.1) is 0 Å². The summed E-state index contributed by atoms with van der Waals surface area (Å²) in [4.78, 5) is 39.6. The Bertz CT molecular complexity index is 1750. The highest BCUT2D eigenvalue weighted by Gasteiger charge is 2.29. The van der Waals surface area contributed by atoms with E-state index in [1.165, 1.54) is 5.56 Å². The molecule has 1 aliphatic heterocycles. The third kappa shape index (κ3) is 6.34. The maximum absolute atomic E-state index is 13.7. The molecule has 2 heterocycles. The van der Waals surface area contributed by atoms with Gasteiger partial charge in [-0.05, 0) is 86.8 Å². The van der Waals surface area contributed by atoms with Crippen molar-refractivity contribution in [1.82, 2.24) is 14.5 Å². The molecule has 226 valence electrons. The van der Waals surface area contributed by atoms with Gasteiger partial charge in [0.05, 0.1) is 22.7 Å². The molecule has 1 saturated heterocycles. The smallest absolute Gasteiger partial charge is 0.254 e. The fourth-order valence-electron chi connectivity index (χ4n) is 5.85. The molecule has 2 unspecified atom stereocenters. The fourth-order valence-corrected chi connectivity index (χ4v) is 5.85. The van der Waals surface area contributed by atoms with Crippen LogP contribution in [-0.4, -0.2) is 64.4 Å². The maximum Gasteiger partial charge on any atom is 0.254 e. The minimum Gasteiger partial charge on any atom is -0.370 e. The number of nitriles is 1. The summed E-state index contributed by atoms with van der Waals surface area (Å²) < 4.78 is 1.81. The van der Waals surface area contributed by atoms with Crippen LogP contribution in [0, 0.1) is 18.3 Å². The van der Waals surface area contributed by atoms with E-state index >= 15 is 0 Å². The van der Waals surface area contributed by atoms with E-state index < -0.39 is 11.9 Å². The van der Waals surface area contributed by atoms with Crippen molar-refractivity contribution < 1.29 is 9.59 Å². The molecule has 5 rings (SSSR count). The van der Waals surface area contributed by atoms with Gasteiger partial charge in [-0.1, -0.05) is 12.1 Å². The van der Waals surface area contributed by atoms with Gasteiger partial charge in [0.1, 0.15) is 11.9 Å². The number of carbonyl (C=O) groups excluding carboxylic acids is 2. The number of hydrogen-bond acceptors (Lipinski definition) is 6. The van der Waals surface area contributed by atoms with Crippen LogP contribution in [0.25, 0.3) is 22.4 Å². The standard InChI is InChI=1S/C33H37N9O2/c1-21-5-3-6-26(17-21)41-16-15-40(20-22(41)2)32(44)25-12-13-28-27(18-25)39-31(24-10-8-23(19-34)9-11-24)42(28)29(30(35)43)7-4-14-38-33(36)37/h3,5-6,8-13,17-18,22,29H,4,7,14-16,20H2,1-2H3,(H2,35,43)(H4,36,37,38). The number of aryl methyl sites for hydroxylation is 1. The summed E-state index contributed by atoms with van der Waals surface area (Å²) in [6, 6.07) is 22.3. The largest absolute Gasteiger partial charge is 0.370 e. The summed E-state index contributed by atoms with van der Waals surface area (Å²) in [5, 5.41) is 9.28. The van der Waals surface area contributed by atoms with E-state index in [0.717, 1.165) is 12.2 Å². The van der Waals surface area contributed by atoms with E-state index in [0.29, 0.717) is 66.0 Å². The number of benzene rings is 3. The summed E-state index contributed by atoms with van der Waals surface area (Å²) in [6.07, 6.45) is 0.895. The number of nitrogens with zero attached hydrogens (tertiary/aromatic N) is 6. The number of hydrogen-bond donors (Lipinski definition) is 3. The molecule has 0 saturated carbocycles. The molecule has 0 radical (unpaired) electrons. The van der Waals surface area contributed by atoms with E-state index in [9.17, 15) is 14.9 Å². The number of imidazole rings is 1. The lowest BCUT2D eigenvalue weighted by molar-refractivity contribution is -0.121. The molecule has 4 aromatic rings. The molecular weight excluding hydrogens is 554 g/mol. The van der Waals surface area contributed by atoms with Crippen LogP contribution in [-0.2, 0) is 4.79 Å². The average Bonchev–Trinajstić information content (AvgIpc) is 3.38. The molecule has 2 atom stereocenters. The Balaban J connectivity index is 1.46. The monoisotopic (exact) mass is 591 g/mol. The lowest BCUT2D eigenvalue weighted by Gasteiger charge is -2.41. The minimum atomic E-state index is -0.739. The van der Waals surface area contributed by atoms with Crippen molar-refractivity contribution in [2.24, 2.45) is 22.2 Å². The van der Waals surface area contributed by atoms with E-state index in [1.807, 2.05) is 15.5 Å². The van der Waals surface area contributed by atoms with E-state index in [-0.39, 0.29) is 17.9 Å². The zero-order chi connectivity index (χ0) is 31.4. The highest BCUT2D eigenvalue weighted by atomic mass is 16.2. The summed E-state index contributed by atoms with van der Waals surface area (Å²) >= 11 is 0. The third-order valence-electron chi connectivity index (χ3n) is 8.03. The minimum absolute atomic E-state index is 0.0184. The number of aliphatic imine (C=N–C) groups is 1. The Morgan fingerprint density at radius 3 is 2.50 bits per heavy atom. The first-order chi connectivity index (χ1) is 21.2. The van der Waals surface area contributed by atoms with Gasteiger partial charge in [0.25, 0.3) is 5.91 Å². The predicted molar refractivity (Wildman–Crippen MR) is 172 cm³/mol. The van der Waals surface area contributed by atoms with Crippen LogP contribution in [0.5, 0.6) is 0 Å². The van der Waals surface area contributed by atoms with Gasteiger partial charge in [0.2, 0.25) is 5.91 Å². The number of amides is 2. The Labute approximate surface area is 256 Å². The lowest BCUT2D eigenvalue weighted by atomic mass is 10.1. The van der Waals surface area contributed by atoms with Crippen molar-refractivity contribution in [1.29, 1.82) is 5.26 Å². The third-order valence-corrected chi connectivity index (χ3v) is 8.03. The molecule has 1 aliphatic rings. The number of fused-ring (bicyclic) bond motifs is 1. The SMILES string of the molecule is Cc1cccc(N2CCN(C(=O)c3ccc4c(c3)nc(-c3ccc(C#N)cc3)n4C(CCCN=C(N)N)C(N)=O)CC2C)c1. The molecule has 1 aromatic heterocycles. The summed E-state index contributed by atoms with van der Waals surface area (Å²) in [6.45, 7) is 6.48. The molecule has 0 bridgehead atoms. The zero-order valence-electron chi connectivity index (χ0n) is 25.0. The molecule has 2 amide bonds. The van der Waals surface area contributed by atoms with Crippen molar-refractivity contribution in [2.45, 2.75) is 38.8 Å². The van der Waals surface area contributed by atoms with Crippen LogP contribution in [0.4, 0.5) is 5.69 Å². The van der Waals surface area contributed by atoms with Crippen LogP contribution in [0.15, 0.2) is 71.7 Å². The highest BCUT2D eigenvalue weighted by Crippen LogP contribution is 2.32. The first-order valence-corrected chi connectivity index (χ1v) is 14.7. The number of anilines is 1. The van der Waals surface area contributed by atoms with E-state index in [2.05, 4.69) is 54.1 Å². The average molecular weight is 592 g/mol. The first kappa shape index (κ1) is 30.1. The highest BCUT2D eigenvalue weighted by molar-refractivity contribution is 5.98. The van der Waals surface area contributed by atoms with Gasteiger partial charge < -0.3 is 31.6 Å². The predicted octanol–water partition coefficient (Wildman–Crippen LogP) is 3.31. The molecule has 0 spiro atoms. The van der Waals surface area contributed by atoms with Gasteiger partial charge in [-0.3, -0.25) is 14.6 Å². The molecule has 44 heavy (non-hydrogen) atoms. The van der Waals surface area contributed by atoms with Crippen molar-refractivity contribution in [2.75, 3.05) is 31.1 Å². The van der Waals surface area contributed by atoms with Gasteiger partial charge in [0.15, 0.2) is 5.96 Å². The number of carbonyl (C=O) groups is 2. The van der Waals surface area contributed by atoms with Gasteiger partial charge in [-0.2, -0.15) is 5.26 Å². The van der Waals surface area contributed by atoms with Gasteiger partial charge in [0, 0.05) is 49.0 Å². The number of guanidine groups is 1. The Morgan fingerprint density at radius 2 is 1.84 bits per heavy atom. The van der Waals surface area contributed by atoms with Crippen LogP contribution < -0.4 is 22.1 Å². The van der Waals surface area contributed by atoms with Crippen molar-refractivity contribution in [3.05, 3.63) is 83.4 Å². The molecule has 1 fully saturated rings. The molecule has 3 aromatic carbocycles.